The van der Waals surface area contributed by atoms with Crippen LogP contribution in [0.1, 0.15) is 24.9 Å². The van der Waals surface area contributed by atoms with Gasteiger partial charge in [-0.1, -0.05) is 12.1 Å². The fourth-order valence-electron chi connectivity index (χ4n) is 3.07. The highest BCUT2D eigenvalue weighted by Crippen LogP contribution is 2.22. The number of ether oxygens (including phenoxy) is 1. The van der Waals surface area contributed by atoms with Gasteiger partial charge in [0, 0.05) is 32.4 Å². The third kappa shape index (κ3) is 10.1. The van der Waals surface area contributed by atoms with Crippen molar-refractivity contribution in [1.82, 2.24) is 15.5 Å². The molecule has 2 rings (SSSR count). The molecule has 1 fully saturated rings. The highest BCUT2D eigenvalue weighted by molar-refractivity contribution is 14.0. The first-order valence-corrected chi connectivity index (χ1v) is 11.7. The van der Waals surface area contributed by atoms with Crippen molar-refractivity contribution >= 4 is 39.8 Å². The van der Waals surface area contributed by atoms with Gasteiger partial charge in [-0.25, -0.2) is 12.8 Å². The van der Waals surface area contributed by atoms with Gasteiger partial charge < -0.3 is 15.4 Å². The van der Waals surface area contributed by atoms with E-state index < -0.39 is 9.84 Å². The average molecular weight is 542 g/mol. The molecule has 1 aromatic carbocycles. The summed E-state index contributed by atoms with van der Waals surface area (Å²) in [5.41, 5.74) is 1.01. The van der Waals surface area contributed by atoms with Gasteiger partial charge in [0.25, 0.3) is 0 Å². The van der Waals surface area contributed by atoms with Crippen molar-refractivity contribution in [2.45, 2.75) is 19.4 Å². The summed E-state index contributed by atoms with van der Waals surface area (Å²) in [6.07, 6.45) is 1.76. The Balaban J connectivity index is 0.00000420. The maximum Gasteiger partial charge on any atom is 0.191 e. The van der Waals surface area contributed by atoms with Crippen LogP contribution in [0.15, 0.2) is 29.3 Å². The van der Waals surface area contributed by atoms with Crippen LogP contribution in [0.3, 0.4) is 0 Å². The summed E-state index contributed by atoms with van der Waals surface area (Å²) in [6, 6.07) is 6.58. The number of sulfone groups is 1. The van der Waals surface area contributed by atoms with Crippen LogP contribution in [0.5, 0.6) is 0 Å². The number of halogens is 2. The lowest BCUT2D eigenvalue weighted by Crippen LogP contribution is -2.42. The average Bonchev–Trinajstić information content (AvgIpc) is 2.66. The largest absolute Gasteiger partial charge is 0.379 e. The Hall–Kier alpha value is -0.980. The number of guanidine groups is 1. The predicted octanol–water partition coefficient (Wildman–Crippen LogP) is 1.81. The minimum atomic E-state index is -2.96. The Kier molecular flexibility index (Phi) is 12.0. The molecule has 1 heterocycles. The summed E-state index contributed by atoms with van der Waals surface area (Å²) < 4.78 is 41.3. The van der Waals surface area contributed by atoms with Gasteiger partial charge in [0.05, 0.1) is 31.6 Å². The van der Waals surface area contributed by atoms with E-state index in [4.69, 9.17) is 9.73 Å². The van der Waals surface area contributed by atoms with Crippen LogP contribution in [-0.2, 0) is 14.6 Å². The lowest BCUT2D eigenvalue weighted by atomic mass is 10.0. The van der Waals surface area contributed by atoms with Crippen molar-refractivity contribution in [3.63, 3.8) is 0 Å². The number of hydrogen-bond acceptors (Lipinski definition) is 5. The van der Waals surface area contributed by atoms with Gasteiger partial charge in [0.2, 0.25) is 0 Å². The zero-order valence-electron chi connectivity index (χ0n) is 17.1. The fourth-order valence-corrected chi connectivity index (χ4v) is 3.74. The van der Waals surface area contributed by atoms with Crippen LogP contribution in [0.2, 0.25) is 0 Å². The SMILES string of the molecule is CCNC(=NCC(c1ccc(F)cc1)N1CCOCC1)NCCCS(C)(=O)=O.I. The molecular formula is C19H32FIN4O3S. The fraction of sp³-hybridized carbons (Fsp3) is 0.632. The molecule has 0 spiro atoms. The topological polar surface area (TPSA) is 83.0 Å². The summed E-state index contributed by atoms with van der Waals surface area (Å²) in [5.74, 6) is 0.538. The first kappa shape index (κ1) is 26.1. The van der Waals surface area contributed by atoms with Crippen LogP contribution in [0.25, 0.3) is 0 Å². The number of nitrogens with one attached hydrogen (secondary N) is 2. The molecule has 0 bridgehead atoms. The minimum absolute atomic E-state index is 0. The van der Waals surface area contributed by atoms with E-state index in [1.54, 1.807) is 12.1 Å². The standard InChI is InChI=1S/C19H31FN4O3S.HI/c1-3-21-19(22-9-4-14-28(2,25)26)23-15-18(24-10-12-27-13-11-24)16-5-7-17(20)8-6-16;/h5-8,18H,3-4,9-15H2,1-2H3,(H2,21,22,23);1H. The van der Waals surface area contributed by atoms with E-state index in [1.807, 2.05) is 6.92 Å². The van der Waals surface area contributed by atoms with Crippen LogP contribution < -0.4 is 10.6 Å². The van der Waals surface area contributed by atoms with Crippen molar-refractivity contribution in [2.75, 3.05) is 57.9 Å². The highest BCUT2D eigenvalue weighted by atomic mass is 127. The van der Waals surface area contributed by atoms with E-state index in [0.717, 1.165) is 18.7 Å². The first-order valence-electron chi connectivity index (χ1n) is 9.66. The second-order valence-electron chi connectivity index (χ2n) is 6.85. The van der Waals surface area contributed by atoms with Gasteiger partial charge in [-0.15, -0.1) is 24.0 Å². The normalized spacial score (nSPS) is 16.7. The monoisotopic (exact) mass is 542 g/mol. The number of aliphatic imine (C=N–C) groups is 1. The maximum absolute atomic E-state index is 13.3. The molecular weight excluding hydrogens is 510 g/mol. The third-order valence-electron chi connectivity index (χ3n) is 4.49. The van der Waals surface area contributed by atoms with Gasteiger partial charge in [-0.2, -0.15) is 0 Å². The van der Waals surface area contributed by atoms with Gasteiger partial charge in [-0.05, 0) is 31.0 Å². The van der Waals surface area contributed by atoms with E-state index >= 15 is 0 Å². The number of nitrogens with zero attached hydrogens (tertiary/aromatic N) is 2. The maximum atomic E-state index is 13.3. The van der Waals surface area contributed by atoms with Crippen LogP contribution in [0, 0.1) is 5.82 Å². The van der Waals surface area contributed by atoms with E-state index in [1.165, 1.54) is 18.4 Å². The quantitative estimate of drug-likeness (QED) is 0.215. The molecule has 1 unspecified atom stereocenters. The summed E-state index contributed by atoms with van der Waals surface area (Å²) in [7, 11) is -2.96. The molecule has 1 aliphatic rings. The lowest BCUT2D eigenvalue weighted by Gasteiger charge is -2.34. The zero-order valence-corrected chi connectivity index (χ0v) is 20.2. The number of morpholine rings is 1. The Morgan fingerprint density at radius 1 is 1.24 bits per heavy atom. The van der Waals surface area contributed by atoms with Gasteiger partial charge in [-0.3, -0.25) is 9.89 Å². The van der Waals surface area contributed by atoms with Crippen molar-refractivity contribution in [3.05, 3.63) is 35.6 Å². The van der Waals surface area contributed by atoms with Crippen molar-refractivity contribution in [2.24, 2.45) is 4.99 Å². The summed E-state index contributed by atoms with van der Waals surface area (Å²) in [5, 5.41) is 6.37. The molecule has 29 heavy (non-hydrogen) atoms. The molecule has 166 valence electrons. The minimum Gasteiger partial charge on any atom is -0.379 e. The molecule has 7 nitrogen and oxygen atoms in total. The van der Waals surface area contributed by atoms with Gasteiger partial charge in [0.1, 0.15) is 15.7 Å². The zero-order chi connectivity index (χ0) is 20.4. The molecule has 2 N–H and O–H groups in total. The van der Waals surface area contributed by atoms with E-state index in [-0.39, 0.29) is 41.6 Å². The Morgan fingerprint density at radius 3 is 2.48 bits per heavy atom. The summed E-state index contributed by atoms with van der Waals surface area (Å²) in [4.78, 5) is 6.99. The molecule has 0 aliphatic carbocycles. The van der Waals surface area contributed by atoms with E-state index in [2.05, 4.69) is 15.5 Å². The Labute approximate surface area is 190 Å². The molecule has 0 amide bonds. The number of hydrogen-bond donors (Lipinski definition) is 2. The first-order chi connectivity index (χ1) is 13.4. The molecule has 1 aromatic rings. The van der Waals surface area contributed by atoms with E-state index in [9.17, 15) is 12.8 Å². The predicted molar refractivity (Wildman–Crippen MR) is 125 cm³/mol. The van der Waals surface area contributed by atoms with Crippen LogP contribution in [0.4, 0.5) is 4.39 Å². The molecule has 0 saturated carbocycles. The van der Waals surface area contributed by atoms with Gasteiger partial charge in [0.15, 0.2) is 5.96 Å². The highest BCUT2D eigenvalue weighted by Gasteiger charge is 2.22. The van der Waals surface area contributed by atoms with Crippen molar-refractivity contribution in [1.29, 1.82) is 0 Å². The third-order valence-corrected chi connectivity index (χ3v) is 5.52. The smallest absolute Gasteiger partial charge is 0.191 e. The van der Waals surface area contributed by atoms with Crippen molar-refractivity contribution in [3.8, 4) is 0 Å². The van der Waals surface area contributed by atoms with Crippen molar-refractivity contribution < 1.29 is 17.5 Å². The second kappa shape index (κ2) is 13.3. The number of rotatable bonds is 9. The molecule has 1 saturated heterocycles. The number of benzene rings is 1. The molecule has 0 aromatic heterocycles. The Bertz CT molecular complexity index is 725. The summed E-state index contributed by atoms with van der Waals surface area (Å²) in [6.45, 7) is 6.66. The van der Waals surface area contributed by atoms with E-state index in [0.29, 0.717) is 45.2 Å². The lowest BCUT2D eigenvalue weighted by molar-refractivity contribution is 0.0179. The molecule has 0 radical (unpaired) electrons. The van der Waals surface area contributed by atoms with Crippen LogP contribution in [-0.4, -0.2) is 77.2 Å². The molecule has 1 atom stereocenters. The molecule has 10 heteroatoms. The second-order valence-corrected chi connectivity index (χ2v) is 9.11. The van der Waals surface area contributed by atoms with Gasteiger partial charge >= 0.3 is 0 Å². The molecule has 1 aliphatic heterocycles. The Morgan fingerprint density at radius 2 is 1.90 bits per heavy atom. The van der Waals surface area contributed by atoms with Crippen LogP contribution >= 0.6 is 24.0 Å². The summed E-state index contributed by atoms with van der Waals surface area (Å²) >= 11 is 0.